The lowest BCUT2D eigenvalue weighted by atomic mass is 9.88. The van der Waals surface area contributed by atoms with Gasteiger partial charge >= 0.3 is 0 Å². The molecule has 0 aliphatic heterocycles. The van der Waals surface area contributed by atoms with E-state index in [0.717, 1.165) is 18.6 Å². The Morgan fingerprint density at radius 3 is 2.71 bits per heavy atom. The van der Waals surface area contributed by atoms with Crippen LogP contribution in [0.25, 0.3) is 0 Å². The molecule has 14 heavy (non-hydrogen) atoms. The molecule has 1 atom stereocenters. The van der Waals surface area contributed by atoms with E-state index in [0.29, 0.717) is 0 Å². The van der Waals surface area contributed by atoms with Gasteiger partial charge in [-0.15, -0.1) is 0 Å². The number of methoxy groups -OCH3 is 1. The summed E-state index contributed by atoms with van der Waals surface area (Å²) >= 11 is 0. The minimum absolute atomic E-state index is 0.0364. The third-order valence-corrected chi connectivity index (χ3v) is 3.03. The Balaban J connectivity index is 2.31. The molecule has 0 radical (unpaired) electrons. The van der Waals surface area contributed by atoms with E-state index in [1.54, 1.807) is 7.11 Å². The van der Waals surface area contributed by atoms with Gasteiger partial charge in [-0.25, -0.2) is 0 Å². The highest BCUT2D eigenvalue weighted by atomic mass is 16.5. The second-order valence-corrected chi connectivity index (χ2v) is 4.46. The second kappa shape index (κ2) is 3.28. The monoisotopic (exact) mass is 192 g/mol. The molecule has 0 bridgehead atoms. The summed E-state index contributed by atoms with van der Waals surface area (Å²) in [5, 5.41) is 9.29. The number of fused-ring (bicyclic) bond motifs is 1. The minimum atomic E-state index is 0.0364. The van der Waals surface area contributed by atoms with E-state index in [-0.39, 0.29) is 12.0 Å². The Bertz CT molecular complexity index is 346. The van der Waals surface area contributed by atoms with Crippen LogP contribution < -0.4 is 4.74 Å². The predicted octanol–water partition coefficient (Wildman–Crippen LogP) is 1.79. The molecule has 0 saturated carbocycles. The van der Waals surface area contributed by atoms with Crippen LogP contribution >= 0.6 is 0 Å². The van der Waals surface area contributed by atoms with E-state index in [9.17, 15) is 5.11 Å². The Labute approximate surface area is 84.5 Å². The molecule has 0 heterocycles. The van der Waals surface area contributed by atoms with Crippen LogP contribution in [-0.2, 0) is 12.8 Å². The summed E-state index contributed by atoms with van der Waals surface area (Å²) in [5.74, 6) is 0.908. The van der Waals surface area contributed by atoms with Crippen molar-refractivity contribution in [1.29, 1.82) is 0 Å². The van der Waals surface area contributed by atoms with Gasteiger partial charge < -0.3 is 9.84 Å². The molecule has 0 spiro atoms. The highest BCUT2D eigenvalue weighted by molar-refractivity contribution is 5.40. The van der Waals surface area contributed by atoms with Crippen LogP contribution in [0, 0.1) is 5.41 Å². The molecule has 2 nitrogen and oxygen atoms in total. The topological polar surface area (TPSA) is 29.5 Å². The van der Waals surface area contributed by atoms with Gasteiger partial charge in [0.2, 0.25) is 0 Å². The van der Waals surface area contributed by atoms with E-state index in [2.05, 4.69) is 19.1 Å². The van der Waals surface area contributed by atoms with Gasteiger partial charge in [0.25, 0.3) is 0 Å². The van der Waals surface area contributed by atoms with Crippen molar-refractivity contribution in [2.45, 2.75) is 19.8 Å². The molecule has 2 heteroatoms. The number of aliphatic hydroxyl groups is 1. The van der Waals surface area contributed by atoms with Crippen molar-refractivity contribution in [3.8, 4) is 5.75 Å². The molecule has 2 rings (SSSR count). The molecule has 0 amide bonds. The molecular weight excluding hydrogens is 176 g/mol. The summed E-state index contributed by atoms with van der Waals surface area (Å²) in [6.45, 7) is 2.38. The summed E-state index contributed by atoms with van der Waals surface area (Å²) in [6, 6.07) is 6.17. The third-order valence-electron chi connectivity index (χ3n) is 3.03. The number of hydrogen-bond acceptors (Lipinski definition) is 2. The molecule has 1 aliphatic rings. The van der Waals surface area contributed by atoms with Gasteiger partial charge in [0.05, 0.1) is 7.11 Å². The first-order valence-corrected chi connectivity index (χ1v) is 4.93. The van der Waals surface area contributed by atoms with E-state index < -0.39 is 0 Å². The van der Waals surface area contributed by atoms with Crippen molar-refractivity contribution in [2.24, 2.45) is 5.41 Å². The predicted molar refractivity (Wildman–Crippen MR) is 55.6 cm³/mol. The number of aliphatic hydroxyl groups excluding tert-OH is 1. The normalized spacial score (nSPS) is 24.8. The van der Waals surface area contributed by atoms with Crippen LogP contribution in [0.15, 0.2) is 18.2 Å². The van der Waals surface area contributed by atoms with E-state index >= 15 is 0 Å². The first-order chi connectivity index (χ1) is 6.67. The lowest BCUT2D eigenvalue weighted by Crippen LogP contribution is -2.21. The molecule has 1 aliphatic carbocycles. The van der Waals surface area contributed by atoms with Gasteiger partial charge in [-0.05, 0) is 41.5 Å². The molecule has 0 unspecified atom stereocenters. The SMILES string of the molecule is COc1ccc2c(c1)C[C@](C)(CO)C2. The fourth-order valence-electron chi connectivity index (χ4n) is 2.16. The zero-order valence-corrected chi connectivity index (χ0v) is 8.71. The van der Waals surface area contributed by atoms with Crippen molar-refractivity contribution >= 4 is 0 Å². The van der Waals surface area contributed by atoms with E-state index in [4.69, 9.17) is 4.74 Å². The van der Waals surface area contributed by atoms with Gasteiger partial charge in [0.15, 0.2) is 0 Å². The van der Waals surface area contributed by atoms with Gasteiger partial charge in [-0.1, -0.05) is 13.0 Å². The second-order valence-electron chi connectivity index (χ2n) is 4.46. The molecule has 1 aromatic carbocycles. The van der Waals surface area contributed by atoms with Crippen molar-refractivity contribution in [3.63, 3.8) is 0 Å². The van der Waals surface area contributed by atoms with Crippen LogP contribution in [0.4, 0.5) is 0 Å². The summed E-state index contributed by atoms with van der Waals surface area (Å²) < 4.78 is 5.18. The first kappa shape index (κ1) is 9.53. The average molecular weight is 192 g/mol. The summed E-state index contributed by atoms with van der Waals surface area (Å²) in [7, 11) is 1.68. The Morgan fingerprint density at radius 2 is 2.07 bits per heavy atom. The van der Waals surface area contributed by atoms with Crippen LogP contribution in [-0.4, -0.2) is 18.8 Å². The summed E-state index contributed by atoms with van der Waals surface area (Å²) in [5.41, 5.74) is 2.71. The fourth-order valence-corrected chi connectivity index (χ4v) is 2.16. The Kier molecular flexibility index (Phi) is 2.23. The average Bonchev–Trinajstić information content (AvgIpc) is 2.54. The molecule has 76 valence electrons. The van der Waals surface area contributed by atoms with Crippen LogP contribution in [0.5, 0.6) is 5.75 Å². The maximum atomic E-state index is 9.29. The number of hydrogen-bond donors (Lipinski definition) is 1. The smallest absolute Gasteiger partial charge is 0.119 e. The number of rotatable bonds is 2. The molecule has 0 aromatic heterocycles. The Hall–Kier alpha value is -1.02. The molecule has 0 saturated heterocycles. The maximum absolute atomic E-state index is 9.29. The Morgan fingerprint density at radius 1 is 1.36 bits per heavy atom. The van der Waals surface area contributed by atoms with Crippen LogP contribution in [0.3, 0.4) is 0 Å². The first-order valence-electron chi connectivity index (χ1n) is 4.93. The lowest BCUT2D eigenvalue weighted by molar-refractivity contribution is 0.152. The fraction of sp³-hybridized carbons (Fsp3) is 0.500. The molecule has 1 N–H and O–H groups in total. The lowest BCUT2D eigenvalue weighted by Gasteiger charge is -2.19. The maximum Gasteiger partial charge on any atom is 0.119 e. The molecular formula is C12H16O2. The number of benzene rings is 1. The zero-order chi connectivity index (χ0) is 10.2. The van der Waals surface area contributed by atoms with Crippen molar-refractivity contribution in [2.75, 3.05) is 13.7 Å². The summed E-state index contributed by atoms with van der Waals surface area (Å²) in [4.78, 5) is 0. The van der Waals surface area contributed by atoms with Gasteiger partial charge in [-0.3, -0.25) is 0 Å². The highest BCUT2D eigenvalue weighted by Gasteiger charge is 2.32. The third kappa shape index (κ3) is 1.50. The summed E-state index contributed by atoms with van der Waals surface area (Å²) in [6.07, 6.45) is 1.93. The molecule has 0 fully saturated rings. The van der Waals surface area contributed by atoms with Crippen molar-refractivity contribution in [3.05, 3.63) is 29.3 Å². The van der Waals surface area contributed by atoms with Gasteiger partial charge in [0.1, 0.15) is 5.75 Å². The number of ether oxygens (including phenoxy) is 1. The highest BCUT2D eigenvalue weighted by Crippen LogP contribution is 2.37. The standard InChI is InChI=1S/C12H16O2/c1-12(8-13)6-9-3-4-11(14-2)5-10(9)7-12/h3-5,13H,6-8H2,1-2H3/t12-/m1/s1. The van der Waals surface area contributed by atoms with Crippen molar-refractivity contribution < 1.29 is 9.84 Å². The quantitative estimate of drug-likeness (QED) is 0.774. The van der Waals surface area contributed by atoms with E-state index in [1.165, 1.54) is 11.1 Å². The zero-order valence-electron chi connectivity index (χ0n) is 8.71. The van der Waals surface area contributed by atoms with Crippen molar-refractivity contribution in [1.82, 2.24) is 0 Å². The molecule has 1 aromatic rings. The van der Waals surface area contributed by atoms with Crippen LogP contribution in [0.2, 0.25) is 0 Å². The van der Waals surface area contributed by atoms with Gasteiger partial charge in [0, 0.05) is 6.61 Å². The van der Waals surface area contributed by atoms with E-state index in [1.807, 2.05) is 6.07 Å². The largest absolute Gasteiger partial charge is 0.497 e. The van der Waals surface area contributed by atoms with Crippen LogP contribution in [0.1, 0.15) is 18.1 Å². The minimum Gasteiger partial charge on any atom is -0.497 e. The van der Waals surface area contributed by atoms with Gasteiger partial charge in [-0.2, -0.15) is 0 Å².